The maximum Gasteiger partial charge on any atom is 0.381 e. The zero-order valence-electron chi connectivity index (χ0n) is 16.8. The highest BCUT2D eigenvalue weighted by Gasteiger charge is 2.36. The highest BCUT2D eigenvalue weighted by atomic mass is 16.5. The molecule has 0 unspecified atom stereocenters. The lowest BCUT2D eigenvalue weighted by molar-refractivity contribution is -0.676. The Balaban J connectivity index is 1.81. The van der Waals surface area contributed by atoms with Crippen LogP contribution in [0.4, 0.5) is 0 Å². The van der Waals surface area contributed by atoms with E-state index in [0.29, 0.717) is 0 Å². The minimum atomic E-state index is 0.838. The Morgan fingerprint density at radius 2 is 0.900 bits per heavy atom. The summed E-state index contributed by atoms with van der Waals surface area (Å²) >= 11 is 0. The molecule has 6 rings (SSSR count). The third kappa shape index (κ3) is 2.34. The maximum absolute atomic E-state index is 6.32. The van der Waals surface area contributed by atoms with Crippen LogP contribution in [-0.4, -0.2) is 0 Å². The normalized spacial score (nSPS) is 15.8. The third-order valence-corrected chi connectivity index (χ3v) is 5.76. The summed E-state index contributed by atoms with van der Waals surface area (Å²) in [5.74, 6) is 3.40. The van der Waals surface area contributed by atoms with Crippen LogP contribution >= 0.6 is 0 Å². The number of aromatic nitrogens is 2. The van der Waals surface area contributed by atoms with Crippen LogP contribution in [0.15, 0.2) is 85.2 Å². The van der Waals surface area contributed by atoms with E-state index >= 15 is 0 Å². The lowest BCUT2D eigenvalue weighted by atomic mass is 9.84. The largest absolute Gasteiger partial charge is 0.404 e. The Kier molecular flexibility index (Phi) is 3.56. The van der Waals surface area contributed by atoms with Crippen LogP contribution < -0.4 is 18.6 Å². The number of ether oxygens (including phenoxy) is 2. The molecule has 0 atom stereocenters. The first-order valence-corrected chi connectivity index (χ1v) is 9.99. The van der Waals surface area contributed by atoms with Crippen molar-refractivity contribution in [1.29, 1.82) is 0 Å². The second-order valence-corrected chi connectivity index (χ2v) is 7.62. The van der Waals surface area contributed by atoms with Gasteiger partial charge in [0.25, 0.3) is 0 Å². The number of fused-ring (bicyclic) bond motifs is 4. The van der Waals surface area contributed by atoms with Gasteiger partial charge >= 0.3 is 11.8 Å². The van der Waals surface area contributed by atoms with Crippen LogP contribution in [0.1, 0.15) is 22.3 Å². The molecule has 0 saturated carbocycles. The van der Waals surface area contributed by atoms with Crippen molar-refractivity contribution in [2.75, 3.05) is 0 Å². The first-order valence-electron chi connectivity index (χ1n) is 9.99. The van der Waals surface area contributed by atoms with Gasteiger partial charge in [0.2, 0.25) is 0 Å². The van der Waals surface area contributed by atoms with Crippen molar-refractivity contribution in [3.05, 3.63) is 107 Å². The molecule has 0 bridgehead atoms. The lowest BCUT2D eigenvalue weighted by Gasteiger charge is -2.26. The summed E-state index contributed by atoms with van der Waals surface area (Å²) in [4.78, 5) is 0. The van der Waals surface area contributed by atoms with Gasteiger partial charge in [-0.3, -0.25) is 0 Å². The number of hydrogen-bond acceptors (Lipinski definition) is 2. The summed E-state index contributed by atoms with van der Waals surface area (Å²) in [7, 11) is 4.03. The second kappa shape index (κ2) is 6.29. The summed E-state index contributed by atoms with van der Waals surface area (Å²) in [5.41, 5.74) is 6.63. The molecule has 0 spiro atoms. The smallest absolute Gasteiger partial charge is 0.381 e. The van der Waals surface area contributed by atoms with Crippen LogP contribution in [-0.2, 0) is 14.1 Å². The SMILES string of the molecule is C[n+]1cccc2c1Oc1ccccc1C2=C1c2ccccc2Oc2c1ccc[n+]2C. The Hall–Kier alpha value is -3.92. The van der Waals surface area contributed by atoms with Crippen LogP contribution in [0, 0.1) is 0 Å². The molecular weight excluding hydrogens is 372 g/mol. The van der Waals surface area contributed by atoms with E-state index < -0.39 is 0 Å². The molecule has 4 heteroatoms. The van der Waals surface area contributed by atoms with Gasteiger partial charge in [0.15, 0.2) is 12.4 Å². The lowest BCUT2D eigenvalue weighted by Crippen LogP contribution is -2.33. The number of aryl methyl sites for hydroxylation is 2. The van der Waals surface area contributed by atoms with Crippen LogP contribution in [0.25, 0.3) is 11.1 Å². The predicted molar refractivity (Wildman–Crippen MR) is 113 cm³/mol. The Morgan fingerprint density at radius 3 is 1.37 bits per heavy atom. The van der Waals surface area contributed by atoms with Crippen molar-refractivity contribution < 1.29 is 18.6 Å². The fourth-order valence-corrected chi connectivity index (χ4v) is 4.39. The molecule has 2 aromatic carbocycles. The minimum Gasteiger partial charge on any atom is -0.404 e. The van der Waals surface area contributed by atoms with Gasteiger partial charge in [-0.25, -0.2) is 0 Å². The molecule has 0 amide bonds. The highest BCUT2D eigenvalue weighted by molar-refractivity contribution is 6.09. The molecule has 0 fully saturated rings. The Bertz CT molecular complexity index is 1270. The molecule has 0 aliphatic carbocycles. The van der Waals surface area contributed by atoms with E-state index in [1.54, 1.807) is 0 Å². The van der Waals surface area contributed by atoms with Crippen LogP contribution in [0.2, 0.25) is 0 Å². The monoisotopic (exact) mass is 392 g/mol. The molecule has 4 nitrogen and oxygen atoms in total. The van der Waals surface area contributed by atoms with Crippen molar-refractivity contribution in [2.24, 2.45) is 14.1 Å². The molecule has 2 aliphatic rings. The number of hydrogen-bond donors (Lipinski definition) is 0. The van der Waals surface area contributed by atoms with E-state index in [0.717, 1.165) is 56.7 Å². The highest BCUT2D eigenvalue weighted by Crippen LogP contribution is 2.51. The van der Waals surface area contributed by atoms with Crippen molar-refractivity contribution in [1.82, 2.24) is 0 Å². The number of para-hydroxylation sites is 2. The molecule has 30 heavy (non-hydrogen) atoms. The van der Waals surface area contributed by atoms with Gasteiger partial charge < -0.3 is 9.47 Å². The standard InChI is InChI=1S/C26H20N2O2/c1-27-15-7-11-19-23(17-9-3-5-13-21(17)29-25(19)27)24-18-10-4-6-14-22(18)30-26-20(24)12-8-16-28(26)2/h3-16H,1-2H3/q+2. The van der Waals surface area contributed by atoms with Crippen LogP contribution in [0.3, 0.4) is 0 Å². The first-order chi connectivity index (χ1) is 14.7. The predicted octanol–water partition coefficient (Wildman–Crippen LogP) is 4.55. The zero-order chi connectivity index (χ0) is 20.2. The second-order valence-electron chi connectivity index (χ2n) is 7.62. The van der Waals surface area contributed by atoms with E-state index in [2.05, 4.69) is 48.5 Å². The first kappa shape index (κ1) is 17.0. The van der Waals surface area contributed by atoms with Crippen molar-refractivity contribution in [3.8, 4) is 23.3 Å². The third-order valence-electron chi connectivity index (χ3n) is 5.76. The van der Waals surface area contributed by atoms with Crippen molar-refractivity contribution >= 4 is 11.1 Å². The van der Waals surface area contributed by atoms with E-state index in [4.69, 9.17) is 9.47 Å². The number of pyridine rings is 2. The van der Waals surface area contributed by atoms with Crippen molar-refractivity contribution in [3.63, 3.8) is 0 Å². The van der Waals surface area contributed by atoms with Gasteiger partial charge in [-0.2, -0.15) is 9.13 Å². The summed E-state index contributed by atoms with van der Waals surface area (Å²) in [6.45, 7) is 0. The molecule has 0 N–H and O–H groups in total. The summed E-state index contributed by atoms with van der Waals surface area (Å²) in [5, 5.41) is 0. The maximum atomic E-state index is 6.32. The van der Waals surface area contributed by atoms with Gasteiger partial charge in [0.1, 0.15) is 25.6 Å². The molecule has 0 saturated heterocycles. The molecule has 0 radical (unpaired) electrons. The summed E-state index contributed by atoms with van der Waals surface area (Å²) in [6.07, 6.45) is 4.03. The fraction of sp³-hybridized carbons (Fsp3) is 0.0769. The van der Waals surface area contributed by atoms with Gasteiger partial charge in [-0.05, 0) is 24.3 Å². The summed E-state index contributed by atoms with van der Waals surface area (Å²) < 4.78 is 16.7. The fourth-order valence-electron chi connectivity index (χ4n) is 4.39. The average molecular weight is 392 g/mol. The summed E-state index contributed by atoms with van der Waals surface area (Å²) in [6, 6.07) is 24.9. The molecule has 4 aromatic rings. The van der Waals surface area contributed by atoms with E-state index in [1.807, 2.05) is 59.9 Å². The average Bonchev–Trinajstić information content (AvgIpc) is 2.77. The van der Waals surface area contributed by atoms with E-state index in [-0.39, 0.29) is 0 Å². The molecule has 4 heterocycles. The minimum absolute atomic E-state index is 0.838. The van der Waals surface area contributed by atoms with E-state index in [1.165, 1.54) is 0 Å². The Morgan fingerprint density at radius 1 is 0.500 bits per heavy atom. The molecule has 2 aromatic heterocycles. The van der Waals surface area contributed by atoms with Gasteiger partial charge in [-0.15, -0.1) is 0 Å². The van der Waals surface area contributed by atoms with E-state index in [9.17, 15) is 0 Å². The Labute approximate surface area is 174 Å². The number of benzene rings is 2. The van der Waals surface area contributed by atoms with Gasteiger partial charge in [-0.1, -0.05) is 36.4 Å². The van der Waals surface area contributed by atoms with Crippen LogP contribution in [0.5, 0.6) is 23.3 Å². The van der Waals surface area contributed by atoms with Gasteiger partial charge in [0.05, 0.1) is 11.1 Å². The quantitative estimate of drug-likeness (QED) is 0.355. The van der Waals surface area contributed by atoms with Gasteiger partial charge in [0, 0.05) is 34.4 Å². The molecule has 144 valence electrons. The number of nitrogens with zero attached hydrogens (tertiary/aromatic N) is 2. The molecular formula is C26H20N2O2+2. The number of rotatable bonds is 0. The zero-order valence-corrected chi connectivity index (χ0v) is 16.8. The molecule has 2 aliphatic heterocycles. The topological polar surface area (TPSA) is 26.2 Å². The van der Waals surface area contributed by atoms with Crippen molar-refractivity contribution in [2.45, 2.75) is 0 Å².